The van der Waals surface area contributed by atoms with Gasteiger partial charge in [-0.25, -0.2) is 0 Å². The van der Waals surface area contributed by atoms with Crippen molar-refractivity contribution in [2.24, 2.45) is 5.73 Å². The first-order valence-corrected chi connectivity index (χ1v) is 5.42. The van der Waals surface area contributed by atoms with Gasteiger partial charge < -0.3 is 15.6 Å². The standard InChI is InChI=1S/C12H15NO3/c13-12(15)8-4-1-2-6-10(8)16-11-7-3-5-9(11)14/h1-2,4,6,9,11,14H,3,5,7H2,(H2,13,15). The third-order valence-corrected chi connectivity index (χ3v) is 2.85. The summed E-state index contributed by atoms with van der Waals surface area (Å²) in [6.07, 6.45) is 1.85. The number of amides is 1. The highest BCUT2D eigenvalue weighted by Crippen LogP contribution is 2.26. The van der Waals surface area contributed by atoms with E-state index in [-0.39, 0.29) is 6.10 Å². The fourth-order valence-electron chi connectivity index (χ4n) is 1.98. The monoisotopic (exact) mass is 221 g/mol. The van der Waals surface area contributed by atoms with Crippen LogP contribution in [0.1, 0.15) is 29.6 Å². The van der Waals surface area contributed by atoms with Gasteiger partial charge in [0.2, 0.25) is 0 Å². The highest BCUT2D eigenvalue weighted by Gasteiger charge is 2.27. The minimum atomic E-state index is -0.511. The van der Waals surface area contributed by atoms with Crippen LogP contribution in [-0.2, 0) is 0 Å². The number of hydrogen-bond donors (Lipinski definition) is 2. The van der Waals surface area contributed by atoms with Gasteiger partial charge in [-0.2, -0.15) is 0 Å². The second-order valence-electron chi connectivity index (χ2n) is 4.01. The van der Waals surface area contributed by atoms with Crippen LogP contribution in [0.15, 0.2) is 24.3 Å². The Hall–Kier alpha value is -1.55. The van der Waals surface area contributed by atoms with Gasteiger partial charge in [0.05, 0.1) is 11.7 Å². The third-order valence-electron chi connectivity index (χ3n) is 2.85. The Labute approximate surface area is 94.0 Å². The molecule has 4 heteroatoms. The molecular formula is C12H15NO3. The summed E-state index contributed by atoms with van der Waals surface area (Å²) in [5.41, 5.74) is 5.60. The van der Waals surface area contributed by atoms with Gasteiger partial charge in [0.25, 0.3) is 5.91 Å². The molecule has 0 spiro atoms. The van der Waals surface area contributed by atoms with E-state index < -0.39 is 12.0 Å². The second kappa shape index (κ2) is 4.53. The average molecular weight is 221 g/mol. The third kappa shape index (κ3) is 2.17. The summed E-state index contributed by atoms with van der Waals surface area (Å²) in [4.78, 5) is 11.2. The number of nitrogens with two attached hydrogens (primary N) is 1. The second-order valence-corrected chi connectivity index (χ2v) is 4.01. The molecule has 1 aromatic rings. The van der Waals surface area contributed by atoms with E-state index in [1.54, 1.807) is 24.3 Å². The van der Waals surface area contributed by atoms with Gasteiger partial charge in [-0.15, -0.1) is 0 Å². The maximum absolute atomic E-state index is 11.2. The maximum Gasteiger partial charge on any atom is 0.252 e. The van der Waals surface area contributed by atoms with Gasteiger partial charge in [-0.1, -0.05) is 12.1 Å². The summed E-state index contributed by atoms with van der Waals surface area (Å²) in [6.45, 7) is 0. The predicted molar refractivity (Wildman–Crippen MR) is 59.2 cm³/mol. The number of para-hydroxylation sites is 1. The SMILES string of the molecule is NC(=O)c1ccccc1OC1CCCC1O. The molecule has 0 saturated heterocycles. The van der Waals surface area contributed by atoms with Crippen LogP contribution >= 0.6 is 0 Å². The molecule has 1 fully saturated rings. The van der Waals surface area contributed by atoms with E-state index in [0.29, 0.717) is 11.3 Å². The molecule has 3 N–H and O–H groups in total. The fourth-order valence-corrected chi connectivity index (χ4v) is 1.98. The highest BCUT2D eigenvalue weighted by atomic mass is 16.5. The van der Waals surface area contributed by atoms with Crippen LogP contribution in [0.2, 0.25) is 0 Å². The molecule has 16 heavy (non-hydrogen) atoms. The molecule has 1 amide bonds. The molecule has 2 atom stereocenters. The topological polar surface area (TPSA) is 72.6 Å². The predicted octanol–water partition coefficient (Wildman–Crippen LogP) is 1.08. The van der Waals surface area contributed by atoms with E-state index in [9.17, 15) is 9.90 Å². The fraction of sp³-hybridized carbons (Fsp3) is 0.417. The van der Waals surface area contributed by atoms with Crippen molar-refractivity contribution < 1.29 is 14.6 Å². The zero-order chi connectivity index (χ0) is 11.5. The van der Waals surface area contributed by atoms with Crippen LogP contribution in [0.4, 0.5) is 0 Å². The van der Waals surface area contributed by atoms with Crippen molar-refractivity contribution in [3.8, 4) is 5.75 Å². The number of ether oxygens (including phenoxy) is 1. The van der Waals surface area contributed by atoms with Crippen LogP contribution in [0, 0.1) is 0 Å². The summed E-state index contributed by atoms with van der Waals surface area (Å²) in [5.74, 6) is -0.0518. The van der Waals surface area contributed by atoms with Gasteiger partial charge in [-0.3, -0.25) is 4.79 Å². The molecule has 0 heterocycles. The number of primary amides is 1. The Kier molecular flexibility index (Phi) is 3.10. The molecule has 86 valence electrons. The molecule has 0 aromatic heterocycles. The van der Waals surface area contributed by atoms with Crippen molar-refractivity contribution >= 4 is 5.91 Å². The van der Waals surface area contributed by atoms with Crippen LogP contribution in [0.3, 0.4) is 0 Å². The first kappa shape index (κ1) is 11.0. The molecule has 1 aromatic carbocycles. The summed E-state index contributed by atoms with van der Waals surface area (Å²) >= 11 is 0. The number of rotatable bonds is 3. The summed E-state index contributed by atoms with van der Waals surface area (Å²) in [5, 5.41) is 9.64. The van der Waals surface area contributed by atoms with Gasteiger partial charge in [-0.05, 0) is 31.4 Å². The zero-order valence-corrected chi connectivity index (χ0v) is 8.93. The molecule has 1 aliphatic carbocycles. The minimum absolute atomic E-state index is 0.222. The van der Waals surface area contributed by atoms with Gasteiger partial charge in [0, 0.05) is 0 Å². The molecule has 1 saturated carbocycles. The van der Waals surface area contributed by atoms with E-state index in [4.69, 9.17) is 10.5 Å². The largest absolute Gasteiger partial charge is 0.487 e. The molecule has 0 aliphatic heterocycles. The van der Waals surface area contributed by atoms with Crippen LogP contribution in [0.5, 0.6) is 5.75 Å². The minimum Gasteiger partial charge on any atom is -0.487 e. The molecule has 0 radical (unpaired) electrons. The summed E-state index contributed by atoms with van der Waals surface area (Å²) < 4.78 is 5.63. The normalized spacial score (nSPS) is 24.3. The summed E-state index contributed by atoms with van der Waals surface area (Å²) in [6, 6.07) is 6.84. The van der Waals surface area contributed by atoms with E-state index >= 15 is 0 Å². The van der Waals surface area contributed by atoms with Crippen molar-refractivity contribution in [1.29, 1.82) is 0 Å². The lowest BCUT2D eigenvalue weighted by atomic mass is 10.2. The smallest absolute Gasteiger partial charge is 0.252 e. The number of carbonyl (C=O) groups excluding carboxylic acids is 1. The number of hydrogen-bond acceptors (Lipinski definition) is 3. The number of benzene rings is 1. The van der Waals surface area contributed by atoms with E-state index in [1.807, 2.05) is 0 Å². The molecule has 4 nitrogen and oxygen atoms in total. The zero-order valence-electron chi connectivity index (χ0n) is 8.93. The Morgan fingerprint density at radius 1 is 1.38 bits per heavy atom. The Bertz CT molecular complexity index is 392. The maximum atomic E-state index is 11.2. The van der Waals surface area contributed by atoms with Gasteiger partial charge in [0.1, 0.15) is 11.9 Å². The lowest BCUT2D eigenvalue weighted by Crippen LogP contribution is -2.26. The Morgan fingerprint density at radius 3 is 2.75 bits per heavy atom. The number of aliphatic hydroxyl groups excluding tert-OH is 1. The van der Waals surface area contributed by atoms with Crippen LogP contribution < -0.4 is 10.5 Å². The molecular weight excluding hydrogens is 206 g/mol. The lowest BCUT2D eigenvalue weighted by Gasteiger charge is -2.18. The van der Waals surface area contributed by atoms with Crippen molar-refractivity contribution in [2.75, 3.05) is 0 Å². The van der Waals surface area contributed by atoms with Gasteiger partial charge >= 0.3 is 0 Å². The molecule has 2 rings (SSSR count). The quantitative estimate of drug-likeness (QED) is 0.802. The first-order chi connectivity index (χ1) is 7.68. The lowest BCUT2D eigenvalue weighted by molar-refractivity contribution is 0.0593. The van der Waals surface area contributed by atoms with Crippen LogP contribution in [-0.4, -0.2) is 23.2 Å². The van der Waals surface area contributed by atoms with E-state index in [0.717, 1.165) is 19.3 Å². The van der Waals surface area contributed by atoms with Gasteiger partial charge in [0.15, 0.2) is 0 Å². The van der Waals surface area contributed by atoms with Crippen molar-refractivity contribution in [2.45, 2.75) is 31.5 Å². The van der Waals surface area contributed by atoms with Crippen molar-refractivity contribution in [3.05, 3.63) is 29.8 Å². The molecule has 2 unspecified atom stereocenters. The molecule has 0 bridgehead atoms. The average Bonchev–Trinajstić information content (AvgIpc) is 2.65. The summed E-state index contributed by atoms with van der Waals surface area (Å²) in [7, 11) is 0. The Morgan fingerprint density at radius 2 is 2.12 bits per heavy atom. The Balaban J connectivity index is 2.17. The van der Waals surface area contributed by atoms with Crippen LogP contribution in [0.25, 0.3) is 0 Å². The van der Waals surface area contributed by atoms with Crippen molar-refractivity contribution in [1.82, 2.24) is 0 Å². The number of aliphatic hydroxyl groups is 1. The van der Waals surface area contributed by atoms with E-state index in [2.05, 4.69) is 0 Å². The van der Waals surface area contributed by atoms with E-state index in [1.165, 1.54) is 0 Å². The first-order valence-electron chi connectivity index (χ1n) is 5.42. The molecule has 1 aliphatic rings. The number of carbonyl (C=O) groups is 1. The highest BCUT2D eigenvalue weighted by molar-refractivity contribution is 5.95. The van der Waals surface area contributed by atoms with Crippen molar-refractivity contribution in [3.63, 3.8) is 0 Å².